The number of methoxy groups -OCH3 is 2. The fourth-order valence-corrected chi connectivity index (χ4v) is 5.33. The molecule has 0 aliphatic rings. The second kappa shape index (κ2) is 15.7. The number of hydrogen-bond donors (Lipinski definition) is 0. The van der Waals surface area contributed by atoms with Gasteiger partial charge in [-0.15, -0.1) is 0 Å². The molecule has 2 aromatic rings. The normalized spacial score (nSPS) is 12.1. The minimum absolute atomic E-state index is 0.153. The first-order valence-electron chi connectivity index (χ1n) is 15.7. The molecule has 0 unspecified atom stereocenters. The third-order valence-corrected chi connectivity index (χ3v) is 8.04. The van der Waals surface area contributed by atoms with Crippen molar-refractivity contribution in [3.63, 3.8) is 0 Å². The van der Waals surface area contributed by atoms with Gasteiger partial charge in [-0.25, -0.2) is 14.4 Å². The van der Waals surface area contributed by atoms with Gasteiger partial charge >= 0.3 is 18.5 Å². The van der Waals surface area contributed by atoms with Gasteiger partial charge in [-0.2, -0.15) is 0 Å². The van der Waals surface area contributed by atoms with E-state index in [2.05, 4.69) is 9.47 Å². The van der Waals surface area contributed by atoms with E-state index in [-0.39, 0.29) is 35.7 Å². The number of benzene rings is 2. The maximum absolute atomic E-state index is 13.0. The van der Waals surface area contributed by atoms with E-state index in [1.807, 2.05) is 41.5 Å². The highest BCUT2D eigenvalue weighted by Gasteiger charge is 2.35. The van der Waals surface area contributed by atoms with E-state index in [0.717, 1.165) is 0 Å². The Morgan fingerprint density at radius 1 is 0.540 bits per heavy atom. The number of carbonyl (C=O) groups is 3. The van der Waals surface area contributed by atoms with Crippen LogP contribution in [0.1, 0.15) is 103 Å². The van der Waals surface area contributed by atoms with Crippen LogP contribution in [0.15, 0.2) is 24.3 Å². The number of hydrogen-bond acceptors (Lipinski definition) is 13. The third kappa shape index (κ3) is 10.5. The number of nitro benzene ring substituents is 2. The van der Waals surface area contributed by atoms with E-state index in [1.54, 1.807) is 39.8 Å². The van der Waals surface area contributed by atoms with Crippen molar-refractivity contribution in [2.45, 2.75) is 104 Å². The summed E-state index contributed by atoms with van der Waals surface area (Å²) in [5.41, 5.74) is -1.07. The zero-order chi connectivity index (χ0) is 38.4. The molecule has 15 nitrogen and oxygen atoms in total. The second-order valence-corrected chi connectivity index (χ2v) is 15.1. The minimum Gasteiger partial charge on any atom is -0.438 e. The van der Waals surface area contributed by atoms with Crippen molar-refractivity contribution in [3.8, 4) is 0 Å². The summed E-state index contributed by atoms with van der Waals surface area (Å²) in [5.74, 6) is 0. The lowest BCUT2D eigenvalue weighted by Gasteiger charge is -2.30. The van der Waals surface area contributed by atoms with Crippen LogP contribution in [0.25, 0.3) is 0 Å². The lowest BCUT2D eigenvalue weighted by atomic mass is 9.77. The molecule has 0 bridgehead atoms. The summed E-state index contributed by atoms with van der Waals surface area (Å²) in [6, 6.07) is 5.92. The first kappa shape index (κ1) is 41.2. The van der Waals surface area contributed by atoms with Crippen LogP contribution in [-0.2, 0) is 63.3 Å². The van der Waals surface area contributed by atoms with Crippen LogP contribution in [0.3, 0.4) is 0 Å². The molecule has 0 atom stereocenters. The molecule has 276 valence electrons. The molecule has 0 amide bonds. The van der Waals surface area contributed by atoms with Gasteiger partial charge in [0.15, 0.2) is 0 Å². The van der Waals surface area contributed by atoms with E-state index in [9.17, 15) is 34.6 Å². The molecule has 0 saturated carbocycles. The zero-order valence-corrected chi connectivity index (χ0v) is 30.8. The van der Waals surface area contributed by atoms with E-state index < -0.39 is 63.2 Å². The quantitative estimate of drug-likeness (QED) is 0.0891. The lowest BCUT2D eigenvalue weighted by Crippen LogP contribution is -2.29. The molecule has 15 heteroatoms. The van der Waals surface area contributed by atoms with Crippen molar-refractivity contribution in [2.24, 2.45) is 0 Å². The van der Waals surface area contributed by atoms with Crippen LogP contribution in [0.2, 0.25) is 0 Å². The molecule has 0 radical (unpaired) electrons. The molecule has 0 aliphatic heterocycles. The van der Waals surface area contributed by atoms with Gasteiger partial charge in [-0.1, -0.05) is 69.2 Å². The summed E-state index contributed by atoms with van der Waals surface area (Å²) in [6.45, 7) is 16.7. The standard InChI is InChI=1S/C35H48N2O13/c1-32(2,3)25-15-23(34(7,8)19-49-29(38)45-11)21(13-27(25)36(41)42)17-47-31(40)48-18-22-14-28(37(43)44)26(33(4,5)6)16-24(22)35(9,10)20-50-30(39)46-12/h13-16H,17-20H2,1-12H3. The largest absolute Gasteiger partial charge is 0.508 e. The van der Waals surface area contributed by atoms with E-state index in [1.165, 1.54) is 26.4 Å². The van der Waals surface area contributed by atoms with Gasteiger partial charge in [0.2, 0.25) is 0 Å². The van der Waals surface area contributed by atoms with Crippen LogP contribution in [0, 0.1) is 20.2 Å². The lowest BCUT2D eigenvalue weighted by molar-refractivity contribution is -0.386. The molecular weight excluding hydrogens is 656 g/mol. The Bertz CT molecular complexity index is 1500. The van der Waals surface area contributed by atoms with Crippen molar-refractivity contribution >= 4 is 29.8 Å². The molecule has 0 saturated heterocycles. The first-order chi connectivity index (χ1) is 22.8. The zero-order valence-electron chi connectivity index (χ0n) is 30.8. The Hall–Kier alpha value is -4.95. The van der Waals surface area contributed by atoms with Crippen LogP contribution < -0.4 is 0 Å². The Morgan fingerprint density at radius 2 is 0.860 bits per heavy atom. The highest BCUT2D eigenvalue weighted by atomic mass is 16.7. The average molecular weight is 705 g/mol. The Morgan fingerprint density at radius 3 is 1.12 bits per heavy atom. The van der Waals surface area contributed by atoms with Gasteiger partial charge in [-0.05, 0) is 34.1 Å². The molecule has 0 aliphatic carbocycles. The Labute approximate surface area is 291 Å². The molecule has 0 aromatic heterocycles. The molecule has 2 aromatic carbocycles. The fraction of sp³-hybridized carbons (Fsp3) is 0.571. The minimum atomic E-state index is -1.15. The topological polar surface area (TPSA) is 193 Å². The predicted octanol–water partition coefficient (Wildman–Crippen LogP) is 8.07. The van der Waals surface area contributed by atoms with Crippen molar-refractivity contribution in [3.05, 3.63) is 77.9 Å². The Kier molecular flexibility index (Phi) is 13.0. The number of rotatable bonds is 12. The van der Waals surface area contributed by atoms with Gasteiger partial charge in [0.1, 0.15) is 26.4 Å². The summed E-state index contributed by atoms with van der Waals surface area (Å²) >= 11 is 0. The molecule has 50 heavy (non-hydrogen) atoms. The van der Waals surface area contributed by atoms with Crippen molar-refractivity contribution in [2.75, 3.05) is 27.4 Å². The summed E-state index contributed by atoms with van der Waals surface area (Å²) in [7, 11) is 2.34. The summed E-state index contributed by atoms with van der Waals surface area (Å²) in [6.07, 6.45) is -2.97. The molecular formula is C35H48N2O13. The molecule has 0 spiro atoms. The predicted molar refractivity (Wildman–Crippen MR) is 181 cm³/mol. The average Bonchev–Trinajstić information content (AvgIpc) is 3.02. The molecule has 0 fully saturated rings. The van der Waals surface area contributed by atoms with Gasteiger partial charge in [0.05, 0.1) is 24.1 Å². The summed E-state index contributed by atoms with van der Waals surface area (Å²) in [4.78, 5) is 59.7. The molecule has 2 rings (SSSR count). The highest BCUT2D eigenvalue weighted by molar-refractivity contribution is 5.62. The smallest absolute Gasteiger partial charge is 0.438 e. The maximum atomic E-state index is 13.0. The summed E-state index contributed by atoms with van der Waals surface area (Å²) < 4.78 is 30.4. The van der Waals surface area contributed by atoms with Crippen LogP contribution in [0.5, 0.6) is 0 Å². The monoisotopic (exact) mass is 704 g/mol. The first-order valence-corrected chi connectivity index (χ1v) is 15.7. The number of nitro groups is 2. The third-order valence-electron chi connectivity index (χ3n) is 8.04. The molecule has 0 heterocycles. The fourth-order valence-electron chi connectivity index (χ4n) is 5.33. The van der Waals surface area contributed by atoms with Gasteiger partial charge in [0, 0.05) is 45.2 Å². The van der Waals surface area contributed by atoms with Crippen molar-refractivity contribution in [1.82, 2.24) is 0 Å². The Balaban J connectivity index is 2.52. The number of carbonyl (C=O) groups excluding carboxylic acids is 3. The van der Waals surface area contributed by atoms with E-state index in [4.69, 9.17) is 18.9 Å². The van der Waals surface area contributed by atoms with Crippen LogP contribution in [0.4, 0.5) is 25.8 Å². The van der Waals surface area contributed by atoms with Gasteiger partial charge < -0.3 is 28.4 Å². The van der Waals surface area contributed by atoms with E-state index >= 15 is 0 Å². The SMILES string of the molecule is COC(=O)OCC(C)(C)c1cc(C(C)(C)C)c([N+](=O)[O-])cc1COC(=O)OCc1cc([N+](=O)[O-])c(C(C)(C)C)cc1C(C)(C)COC(=O)OC. The van der Waals surface area contributed by atoms with Crippen LogP contribution >= 0.6 is 0 Å². The second-order valence-electron chi connectivity index (χ2n) is 15.1. The molecule has 0 N–H and O–H groups in total. The number of nitrogens with zero attached hydrogens (tertiary/aromatic N) is 2. The summed E-state index contributed by atoms with van der Waals surface area (Å²) in [5, 5.41) is 24.2. The van der Waals surface area contributed by atoms with Crippen LogP contribution in [-0.4, -0.2) is 55.7 Å². The van der Waals surface area contributed by atoms with E-state index in [0.29, 0.717) is 22.3 Å². The van der Waals surface area contributed by atoms with Gasteiger partial charge in [-0.3, -0.25) is 20.2 Å². The van der Waals surface area contributed by atoms with Crippen molar-refractivity contribution in [1.29, 1.82) is 0 Å². The highest BCUT2D eigenvalue weighted by Crippen LogP contribution is 2.40. The maximum Gasteiger partial charge on any atom is 0.508 e. The van der Waals surface area contributed by atoms with Gasteiger partial charge in [0.25, 0.3) is 11.4 Å². The van der Waals surface area contributed by atoms with Crippen molar-refractivity contribution < 1.29 is 52.7 Å². The number of ether oxygens (including phenoxy) is 6.